The highest BCUT2D eigenvalue weighted by atomic mass is 19.1. The molecule has 10 heteroatoms. The summed E-state index contributed by atoms with van der Waals surface area (Å²) < 4.78 is 43.5. The number of hydrogen-bond acceptors (Lipinski definition) is 7. The molecule has 1 amide bonds. The largest absolute Gasteiger partial charge is 0.497 e. The molecule has 2 aromatic heterocycles. The number of amides is 1. The van der Waals surface area contributed by atoms with Crippen molar-refractivity contribution < 1.29 is 32.9 Å². The van der Waals surface area contributed by atoms with Crippen molar-refractivity contribution in [3.8, 4) is 28.7 Å². The molecule has 0 aliphatic heterocycles. The lowest BCUT2D eigenvalue weighted by molar-refractivity contribution is 0.128. The van der Waals surface area contributed by atoms with E-state index in [-0.39, 0.29) is 19.0 Å². The van der Waals surface area contributed by atoms with Crippen LogP contribution in [0.5, 0.6) is 28.7 Å². The van der Waals surface area contributed by atoms with Gasteiger partial charge in [0.15, 0.2) is 23.1 Å². The van der Waals surface area contributed by atoms with Crippen molar-refractivity contribution >= 4 is 27.9 Å². The number of benzene rings is 3. The maximum absolute atomic E-state index is 15.2. The van der Waals surface area contributed by atoms with Gasteiger partial charge in [-0.2, -0.15) is 0 Å². The minimum atomic E-state index is -0.526. The maximum atomic E-state index is 15.2. The molecule has 1 aliphatic carbocycles. The Balaban J connectivity index is 1.14. The van der Waals surface area contributed by atoms with Crippen molar-refractivity contribution in [2.45, 2.75) is 31.9 Å². The summed E-state index contributed by atoms with van der Waals surface area (Å²) in [5, 5.41) is 4.03. The number of hydrogen-bond donors (Lipinski definition) is 2. The van der Waals surface area contributed by atoms with Crippen LogP contribution >= 0.6 is 0 Å². The van der Waals surface area contributed by atoms with E-state index in [0.717, 1.165) is 29.8 Å². The van der Waals surface area contributed by atoms with E-state index in [1.807, 2.05) is 31.2 Å². The zero-order valence-corrected chi connectivity index (χ0v) is 23.5. The van der Waals surface area contributed by atoms with Crippen molar-refractivity contribution in [2.24, 2.45) is 0 Å². The highest BCUT2D eigenvalue weighted by Gasteiger charge is 2.45. The number of aromatic nitrogens is 2. The second-order valence-electron chi connectivity index (χ2n) is 10.3. The molecule has 0 saturated heterocycles. The first-order valence-corrected chi connectivity index (χ1v) is 13.5. The van der Waals surface area contributed by atoms with Crippen LogP contribution < -0.4 is 24.3 Å². The van der Waals surface area contributed by atoms with Crippen LogP contribution in [-0.2, 0) is 11.3 Å². The highest BCUT2D eigenvalue weighted by Crippen LogP contribution is 2.41. The summed E-state index contributed by atoms with van der Waals surface area (Å²) in [6.45, 7) is 2.24. The van der Waals surface area contributed by atoms with E-state index in [2.05, 4.69) is 15.3 Å². The van der Waals surface area contributed by atoms with Crippen LogP contribution in [0.3, 0.4) is 0 Å². The van der Waals surface area contributed by atoms with Crippen LogP contribution in [0.2, 0.25) is 0 Å². The summed E-state index contributed by atoms with van der Waals surface area (Å²) >= 11 is 0. The van der Waals surface area contributed by atoms with E-state index < -0.39 is 17.4 Å². The molecule has 0 unspecified atom stereocenters. The molecule has 0 radical (unpaired) electrons. The molecule has 42 heavy (non-hydrogen) atoms. The number of alkyl carbamates (subject to hydrolysis) is 1. The molecule has 1 fully saturated rings. The molecule has 6 rings (SSSR count). The fourth-order valence-electron chi connectivity index (χ4n) is 4.77. The van der Waals surface area contributed by atoms with Crippen LogP contribution in [0, 0.1) is 12.7 Å². The third kappa shape index (κ3) is 5.60. The number of halogens is 1. The Morgan fingerprint density at radius 3 is 2.50 bits per heavy atom. The number of nitrogens with one attached hydrogen (secondary N) is 2. The van der Waals surface area contributed by atoms with E-state index in [4.69, 9.17) is 23.7 Å². The number of aryl methyl sites for hydroxylation is 1. The molecule has 216 valence electrons. The Kier molecular flexibility index (Phi) is 7.20. The molecule has 2 N–H and O–H groups in total. The first-order valence-electron chi connectivity index (χ1n) is 13.5. The summed E-state index contributed by atoms with van der Waals surface area (Å²) in [4.78, 5) is 20.1. The molecule has 5 aromatic rings. The summed E-state index contributed by atoms with van der Waals surface area (Å²) in [7, 11) is 3.13. The first kappa shape index (κ1) is 27.2. The minimum Gasteiger partial charge on any atom is -0.497 e. The molecule has 0 spiro atoms. The number of nitrogens with zero attached hydrogens (tertiary/aromatic N) is 1. The minimum absolute atomic E-state index is 0.105. The quantitative estimate of drug-likeness (QED) is 0.190. The molecule has 0 atom stereocenters. The van der Waals surface area contributed by atoms with Gasteiger partial charge in [-0.3, -0.25) is 4.98 Å². The third-order valence-corrected chi connectivity index (χ3v) is 7.30. The Labute approximate surface area is 241 Å². The van der Waals surface area contributed by atoms with Crippen molar-refractivity contribution in [1.82, 2.24) is 15.3 Å². The first-order chi connectivity index (χ1) is 20.4. The molecule has 2 heterocycles. The fraction of sp³-hybridized carbons (Fsp3) is 0.250. The van der Waals surface area contributed by atoms with Crippen LogP contribution in [0.4, 0.5) is 9.18 Å². The van der Waals surface area contributed by atoms with Gasteiger partial charge in [0, 0.05) is 34.2 Å². The zero-order chi connectivity index (χ0) is 29.3. The fourth-order valence-corrected chi connectivity index (χ4v) is 4.77. The van der Waals surface area contributed by atoms with E-state index >= 15 is 4.39 Å². The van der Waals surface area contributed by atoms with Gasteiger partial charge in [-0.1, -0.05) is 12.1 Å². The van der Waals surface area contributed by atoms with E-state index in [9.17, 15) is 4.79 Å². The normalized spacial score (nSPS) is 13.5. The lowest BCUT2D eigenvalue weighted by atomic mass is 10.1. The number of pyridine rings is 1. The zero-order valence-electron chi connectivity index (χ0n) is 23.5. The average molecular weight is 572 g/mol. The average Bonchev–Trinajstić information content (AvgIpc) is 3.65. The summed E-state index contributed by atoms with van der Waals surface area (Å²) in [6, 6.07) is 17.6. The standard InChI is InChI=1S/C32H30FN3O6/c1-19-14-23-24(35-19)8-9-27(30(23)33)42-26-10-13-34-25-16-29(28(39-3)15-22(25)26)41-18-32(11-12-32)36-31(37)40-17-20-4-6-21(38-2)7-5-20/h4-10,13-16,35H,11-12,17-18H2,1-3H3,(H,36,37). The summed E-state index contributed by atoms with van der Waals surface area (Å²) in [5.41, 5.74) is 2.48. The summed E-state index contributed by atoms with van der Waals surface area (Å²) in [5.74, 6) is 1.74. The van der Waals surface area contributed by atoms with Gasteiger partial charge in [-0.05, 0) is 67.8 Å². The van der Waals surface area contributed by atoms with Crippen molar-refractivity contribution in [3.63, 3.8) is 0 Å². The molecule has 9 nitrogen and oxygen atoms in total. The van der Waals surface area contributed by atoms with Crippen LogP contribution in [0.1, 0.15) is 24.1 Å². The van der Waals surface area contributed by atoms with E-state index in [1.54, 1.807) is 49.7 Å². The number of methoxy groups -OCH3 is 2. The Hall–Kier alpha value is -4.99. The lowest BCUT2D eigenvalue weighted by Gasteiger charge is -2.20. The van der Waals surface area contributed by atoms with Crippen LogP contribution in [0.15, 0.2) is 66.9 Å². The predicted molar refractivity (Wildman–Crippen MR) is 155 cm³/mol. The van der Waals surface area contributed by atoms with Crippen LogP contribution in [0.25, 0.3) is 21.8 Å². The second-order valence-corrected chi connectivity index (χ2v) is 10.3. The molecule has 1 aliphatic rings. The van der Waals surface area contributed by atoms with Gasteiger partial charge in [0.05, 0.1) is 25.3 Å². The van der Waals surface area contributed by atoms with Gasteiger partial charge in [-0.15, -0.1) is 0 Å². The third-order valence-electron chi connectivity index (χ3n) is 7.30. The number of rotatable bonds is 10. The number of ether oxygens (including phenoxy) is 5. The predicted octanol–water partition coefficient (Wildman–Crippen LogP) is 6.81. The van der Waals surface area contributed by atoms with Crippen LogP contribution in [-0.4, -0.2) is 42.4 Å². The van der Waals surface area contributed by atoms with Gasteiger partial charge in [0.1, 0.15) is 24.7 Å². The Morgan fingerprint density at radius 2 is 1.76 bits per heavy atom. The van der Waals surface area contributed by atoms with Crippen molar-refractivity contribution in [3.05, 3.63) is 83.9 Å². The van der Waals surface area contributed by atoms with Gasteiger partial charge in [0.25, 0.3) is 0 Å². The molecule has 3 aromatic carbocycles. The smallest absolute Gasteiger partial charge is 0.408 e. The van der Waals surface area contributed by atoms with Crippen molar-refractivity contribution in [2.75, 3.05) is 20.8 Å². The molecule has 0 bridgehead atoms. The SMILES string of the molecule is COc1ccc(COC(=O)NC2(COc3cc4nccc(Oc5ccc6[nH]c(C)cc6c5F)c4cc3OC)CC2)cc1. The van der Waals surface area contributed by atoms with Gasteiger partial charge < -0.3 is 34.0 Å². The topological polar surface area (TPSA) is 104 Å². The molecular formula is C32H30FN3O6. The second kappa shape index (κ2) is 11.1. The lowest BCUT2D eigenvalue weighted by Crippen LogP contribution is -2.41. The van der Waals surface area contributed by atoms with E-state index in [0.29, 0.717) is 39.1 Å². The number of H-pyrrole nitrogens is 1. The van der Waals surface area contributed by atoms with Gasteiger partial charge in [-0.25, -0.2) is 9.18 Å². The Morgan fingerprint density at radius 1 is 0.952 bits per heavy atom. The number of aromatic amines is 1. The number of carbonyl (C=O) groups is 1. The highest BCUT2D eigenvalue weighted by molar-refractivity contribution is 5.89. The Bertz CT molecular complexity index is 1760. The maximum Gasteiger partial charge on any atom is 0.408 e. The molecule has 1 saturated carbocycles. The van der Waals surface area contributed by atoms with E-state index in [1.165, 1.54) is 7.11 Å². The number of carbonyl (C=O) groups excluding carboxylic acids is 1. The number of fused-ring (bicyclic) bond motifs is 2. The van der Waals surface area contributed by atoms with Gasteiger partial charge in [0.2, 0.25) is 0 Å². The van der Waals surface area contributed by atoms with Gasteiger partial charge >= 0.3 is 6.09 Å². The molecular weight excluding hydrogens is 541 g/mol. The monoisotopic (exact) mass is 571 g/mol. The summed E-state index contributed by atoms with van der Waals surface area (Å²) in [6.07, 6.45) is 2.59. The van der Waals surface area contributed by atoms with Crippen molar-refractivity contribution in [1.29, 1.82) is 0 Å².